The Morgan fingerprint density at radius 2 is 1.96 bits per heavy atom. The molecule has 0 radical (unpaired) electrons. The molecule has 0 aliphatic heterocycles. The van der Waals surface area contributed by atoms with E-state index < -0.39 is 11.7 Å². The number of amides is 1. The van der Waals surface area contributed by atoms with Gasteiger partial charge in [0.25, 0.3) is 0 Å². The van der Waals surface area contributed by atoms with Gasteiger partial charge in [-0.1, -0.05) is 25.1 Å². The van der Waals surface area contributed by atoms with Crippen LogP contribution in [0.4, 0.5) is 13.2 Å². The minimum Gasteiger partial charge on any atom is -0.396 e. The monoisotopic (exact) mass is 343 g/mol. The molecule has 0 aromatic heterocycles. The third-order valence-corrected chi connectivity index (χ3v) is 4.74. The number of halogens is 3. The molecule has 6 heteroatoms. The Hall–Kier alpha value is -1.56. The SMILES string of the molecule is CC(CC(=O)NC1CCC(CO)CC1)c1cccc(C(F)(F)F)c1. The van der Waals surface area contributed by atoms with Gasteiger partial charge in [0.1, 0.15) is 0 Å². The fraction of sp³-hybridized carbons (Fsp3) is 0.611. The zero-order valence-electron chi connectivity index (χ0n) is 13.8. The van der Waals surface area contributed by atoms with E-state index in [4.69, 9.17) is 5.11 Å². The van der Waals surface area contributed by atoms with E-state index in [0.717, 1.165) is 37.8 Å². The first-order chi connectivity index (χ1) is 11.3. The molecule has 1 atom stereocenters. The van der Waals surface area contributed by atoms with Gasteiger partial charge in [-0.25, -0.2) is 0 Å². The molecule has 1 fully saturated rings. The molecule has 0 heterocycles. The van der Waals surface area contributed by atoms with E-state index in [-0.39, 0.29) is 30.9 Å². The van der Waals surface area contributed by atoms with Gasteiger partial charge in [-0.2, -0.15) is 13.2 Å². The highest BCUT2D eigenvalue weighted by Crippen LogP contribution is 2.32. The van der Waals surface area contributed by atoms with Gasteiger partial charge in [0.2, 0.25) is 5.91 Å². The van der Waals surface area contributed by atoms with Gasteiger partial charge in [-0.05, 0) is 49.1 Å². The van der Waals surface area contributed by atoms with E-state index in [9.17, 15) is 18.0 Å². The lowest BCUT2D eigenvalue weighted by atomic mass is 9.86. The summed E-state index contributed by atoms with van der Waals surface area (Å²) in [6.07, 6.45) is -0.732. The Labute approximate surface area is 140 Å². The smallest absolute Gasteiger partial charge is 0.396 e. The lowest BCUT2D eigenvalue weighted by Crippen LogP contribution is -2.38. The lowest BCUT2D eigenvalue weighted by molar-refractivity contribution is -0.137. The van der Waals surface area contributed by atoms with E-state index in [1.807, 2.05) is 0 Å². The minimum atomic E-state index is -4.37. The maximum absolute atomic E-state index is 12.8. The molecule has 1 aromatic carbocycles. The highest BCUT2D eigenvalue weighted by Gasteiger charge is 2.31. The van der Waals surface area contributed by atoms with Crippen molar-refractivity contribution in [3.8, 4) is 0 Å². The van der Waals surface area contributed by atoms with Crippen molar-refractivity contribution in [2.45, 2.75) is 57.2 Å². The molecular formula is C18H24F3NO2. The highest BCUT2D eigenvalue weighted by molar-refractivity contribution is 5.77. The topological polar surface area (TPSA) is 49.3 Å². The summed E-state index contributed by atoms with van der Waals surface area (Å²) in [4.78, 5) is 12.1. The standard InChI is InChI=1S/C18H24F3NO2/c1-12(14-3-2-4-15(10-14)18(19,20)21)9-17(24)22-16-7-5-13(11-23)6-8-16/h2-4,10,12-13,16,23H,5-9,11H2,1H3,(H,22,24). The van der Waals surface area contributed by atoms with Gasteiger partial charge in [0.05, 0.1) is 5.56 Å². The summed E-state index contributed by atoms with van der Waals surface area (Å²) in [5.41, 5.74) is -0.168. The van der Waals surface area contributed by atoms with Crippen molar-refractivity contribution in [1.29, 1.82) is 0 Å². The molecule has 0 spiro atoms. The molecule has 1 unspecified atom stereocenters. The largest absolute Gasteiger partial charge is 0.416 e. The number of carbonyl (C=O) groups excluding carboxylic acids is 1. The lowest BCUT2D eigenvalue weighted by Gasteiger charge is -2.28. The van der Waals surface area contributed by atoms with Gasteiger partial charge in [-0.3, -0.25) is 4.79 Å². The summed E-state index contributed by atoms with van der Waals surface area (Å²) >= 11 is 0. The maximum atomic E-state index is 12.8. The third kappa shape index (κ3) is 5.23. The summed E-state index contributed by atoms with van der Waals surface area (Å²) in [5, 5.41) is 12.1. The first kappa shape index (κ1) is 18.8. The fourth-order valence-corrected chi connectivity index (χ4v) is 3.19. The molecule has 1 aliphatic carbocycles. The second-order valence-electron chi connectivity index (χ2n) is 6.70. The van der Waals surface area contributed by atoms with E-state index in [1.165, 1.54) is 6.07 Å². The summed E-state index contributed by atoms with van der Waals surface area (Å²) in [6, 6.07) is 5.26. The number of aliphatic hydroxyl groups excluding tert-OH is 1. The number of aliphatic hydroxyl groups is 1. The number of carbonyl (C=O) groups is 1. The average molecular weight is 343 g/mol. The predicted molar refractivity (Wildman–Crippen MR) is 85.5 cm³/mol. The van der Waals surface area contributed by atoms with Crippen LogP contribution in [0.15, 0.2) is 24.3 Å². The van der Waals surface area contributed by atoms with Crippen molar-refractivity contribution in [3.05, 3.63) is 35.4 Å². The molecule has 1 aliphatic rings. The second kappa shape index (κ2) is 8.01. The average Bonchev–Trinajstić information content (AvgIpc) is 2.54. The second-order valence-corrected chi connectivity index (χ2v) is 6.70. The highest BCUT2D eigenvalue weighted by atomic mass is 19.4. The van der Waals surface area contributed by atoms with Crippen LogP contribution < -0.4 is 5.32 Å². The maximum Gasteiger partial charge on any atom is 0.416 e. The molecule has 1 saturated carbocycles. The Morgan fingerprint density at radius 1 is 1.29 bits per heavy atom. The van der Waals surface area contributed by atoms with E-state index in [2.05, 4.69) is 5.32 Å². The Kier molecular flexibility index (Phi) is 6.27. The predicted octanol–water partition coefficient (Wildman–Crippen LogP) is 3.87. The summed E-state index contributed by atoms with van der Waals surface area (Å²) in [5.74, 6) is -0.0874. The fourth-order valence-electron chi connectivity index (χ4n) is 3.19. The summed E-state index contributed by atoms with van der Waals surface area (Å²) < 4.78 is 38.3. The minimum absolute atomic E-state index is 0.106. The molecule has 2 N–H and O–H groups in total. The van der Waals surface area contributed by atoms with Crippen molar-refractivity contribution in [2.24, 2.45) is 5.92 Å². The van der Waals surface area contributed by atoms with Crippen LogP contribution in [-0.2, 0) is 11.0 Å². The zero-order valence-corrected chi connectivity index (χ0v) is 13.8. The number of nitrogens with one attached hydrogen (secondary N) is 1. The van der Waals surface area contributed by atoms with E-state index in [1.54, 1.807) is 13.0 Å². The van der Waals surface area contributed by atoms with E-state index in [0.29, 0.717) is 11.5 Å². The Bertz CT molecular complexity index is 551. The van der Waals surface area contributed by atoms with Crippen molar-refractivity contribution < 1.29 is 23.1 Å². The van der Waals surface area contributed by atoms with Gasteiger partial charge in [-0.15, -0.1) is 0 Å². The van der Waals surface area contributed by atoms with E-state index >= 15 is 0 Å². The van der Waals surface area contributed by atoms with Crippen LogP contribution in [0.5, 0.6) is 0 Å². The molecule has 1 aromatic rings. The number of alkyl halides is 3. The van der Waals surface area contributed by atoms with Crippen LogP contribution in [0, 0.1) is 5.92 Å². The summed E-state index contributed by atoms with van der Waals surface area (Å²) in [6.45, 7) is 1.95. The van der Waals surface area contributed by atoms with Crippen LogP contribution in [-0.4, -0.2) is 23.7 Å². The number of rotatable bonds is 5. The third-order valence-electron chi connectivity index (χ3n) is 4.74. The molecule has 0 saturated heterocycles. The number of hydrogen-bond donors (Lipinski definition) is 2. The Balaban J connectivity index is 1.88. The molecule has 3 nitrogen and oxygen atoms in total. The Morgan fingerprint density at radius 3 is 2.54 bits per heavy atom. The van der Waals surface area contributed by atoms with Crippen LogP contribution in [0.1, 0.15) is 56.1 Å². The van der Waals surface area contributed by atoms with Gasteiger partial charge in [0, 0.05) is 19.1 Å². The van der Waals surface area contributed by atoms with Crippen molar-refractivity contribution in [3.63, 3.8) is 0 Å². The number of benzene rings is 1. The first-order valence-electron chi connectivity index (χ1n) is 8.37. The molecule has 134 valence electrons. The van der Waals surface area contributed by atoms with Gasteiger partial charge in [0.15, 0.2) is 0 Å². The van der Waals surface area contributed by atoms with Gasteiger partial charge >= 0.3 is 6.18 Å². The number of hydrogen-bond acceptors (Lipinski definition) is 2. The van der Waals surface area contributed by atoms with Crippen molar-refractivity contribution in [1.82, 2.24) is 5.32 Å². The molecule has 24 heavy (non-hydrogen) atoms. The van der Waals surface area contributed by atoms with Crippen molar-refractivity contribution in [2.75, 3.05) is 6.61 Å². The van der Waals surface area contributed by atoms with Crippen LogP contribution >= 0.6 is 0 Å². The summed E-state index contributed by atoms with van der Waals surface area (Å²) in [7, 11) is 0. The first-order valence-corrected chi connectivity index (χ1v) is 8.37. The quantitative estimate of drug-likeness (QED) is 0.853. The van der Waals surface area contributed by atoms with Crippen LogP contribution in [0.3, 0.4) is 0 Å². The van der Waals surface area contributed by atoms with Crippen molar-refractivity contribution >= 4 is 5.91 Å². The van der Waals surface area contributed by atoms with Gasteiger partial charge < -0.3 is 10.4 Å². The zero-order chi connectivity index (χ0) is 17.7. The molecule has 0 bridgehead atoms. The van der Waals surface area contributed by atoms with Crippen LogP contribution in [0.2, 0.25) is 0 Å². The normalized spacial score (nSPS) is 22.9. The molecular weight excluding hydrogens is 319 g/mol. The molecule has 2 rings (SSSR count). The molecule has 1 amide bonds. The van der Waals surface area contributed by atoms with Crippen LogP contribution in [0.25, 0.3) is 0 Å².